The Morgan fingerprint density at radius 3 is 2.74 bits per heavy atom. The second kappa shape index (κ2) is 8.44. The van der Waals surface area contributed by atoms with Gasteiger partial charge in [0.05, 0.1) is 17.8 Å². The Morgan fingerprint density at radius 2 is 1.89 bits per heavy atom. The predicted octanol–water partition coefficient (Wildman–Crippen LogP) is 4.17. The van der Waals surface area contributed by atoms with Gasteiger partial charge in [-0.1, -0.05) is 12.1 Å². The number of rotatable bonds is 6. The van der Waals surface area contributed by atoms with Crippen molar-refractivity contribution in [2.24, 2.45) is 0 Å². The van der Waals surface area contributed by atoms with E-state index in [1.165, 1.54) is 17.7 Å². The number of piperidine rings is 1. The fraction of sp³-hybridized carbons (Fsp3) is 0.409. The molecule has 5 nitrogen and oxygen atoms in total. The Hall–Kier alpha value is -2.53. The van der Waals surface area contributed by atoms with Crippen LogP contribution >= 0.6 is 0 Å². The second-order valence-corrected chi connectivity index (χ2v) is 7.31. The summed E-state index contributed by atoms with van der Waals surface area (Å²) in [6.07, 6.45) is 13.3. The molecule has 27 heavy (non-hydrogen) atoms. The summed E-state index contributed by atoms with van der Waals surface area (Å²) in [7, 11) is 0. The lowest BCUT2D eigenvalue weighted by Crippen LogP contribution is -2.33. The van der Waals surface area contributed by atoms with E-state index in [0.717, 1.165) is 43.7 Å². The topological polar surface area (TPSA) is 55.6 Å². The number of aryl methyl sites for hydroxylation is 3. The van der Waals surface area contributed by atoms with Crippen molar-refractivity contribution in [1.82, 2.24) is 24.8 Å². The summed E-state index contributed by atoms with van der Waals surface area (Å²) in [5.74, 6) is 1.15. The molecule has 0 radical (unpaired) electrons. The molecule has 1 N–H and O–H groups in total. The van der Waals surface area contributed by atoms with Crippen LogP contribution in [0.5, 0.6) is 0 Å². The Bertz CT molecular complexity index is 858. The molecule has 1 saturated heterocycles. The fourth-order valence-corrected chi connectivity index (χ4v) is 4.01. The van der Waals surface area contributed by atoms with Crippen LogP contribution in [0.2, 0.25) is 0 Å². The number of nitrogens with one attached hydrogen (secondary N) is 1. The highest BCUT2D eigenvalue weighted by Crippen LogP contribution is 2.32. The largest absolute Gasteiger partial charge is 0.334 e. The van der Waals surface area contributed by atoms with Gasteiger partial charge in [0.25, 0.3) is 0 Å². The molecule has 4 rings (SSSR count). The minimum Gasteiger partial charge on any atom is -0.334 e. The molecular weight excluding hydrogens is 334 g/mol. The van der Waals surface area contributed by atoms with Gasteiger partial charge in [0, 0.05) is 37.0 Å². The first-order valence-corrected chi connectivity index (χ1v) is 9.90. The number of hydrogen-bond donors (Lipinski definition) is 1. The zero-order valence-electron chi connectivity index (χ0n) is 15.9. The number of imidazole rings is 1. The van der Waals surface area contributed by atoms with E-state index in [9.17, 15) is 0 Å². The first-order valence-electron chi connectivity index (χ1n) is 9.90. The zero-order valence-corrected chi connectivity index (χ0v) is 15.9. The van der Waals surface area contributed by atoms with Gasteiger partial charge in [-0.25, -0.2) is 4.98 Å². The van der Waals surface area contributed by atoms with E-state index < -0.39 is 0 Å². The molecule has 0 saturated carbocycles. The average Bonchev–Trinajstić information content (AvgIpc) is 3.18. The molecule has 1 fully saturated rings. The first-order chi connectivity index (χ1) is 13.3. The van der Waals surface area contributed by atoms with Crippen LogP contribution in [0.15, 0.2) is 55.1 Å². The first kappa shape index (κ1) is 17.9. The molecule has 0 amide bonds. The van der Waals surface area contributed by atoms with Crippen molar-refractivity contribution in [3.05, 3.63) is 77.9 Å². The van der Waals surface area contributed by atoms with Gasteiger partial charge in [0.2, 0.25) is 0 Å². The third kappa shape index (κ3) is 4.25. The molecule has 0 spiro atoms. The van der Waals surface area contributed by atoms with Crippen molar-refractivity contribution in [2.45, 2.75) is 57.7 Å². The number of hydrogen-bond acceptors (Lipinski definition) is 4. The summed E-state index contributed by atoms with van der Waals surface area (Å²) in [6.45, 7) is 3.11. The van der Waals surface area contributed by atoms with E-state index in [-0.39, 0.29) is 6.04 Å². The molecular formula is C22H27N5. The van der Waals surface area contributed by atoms with E-state index in [2.05, 4.69) is 56.2 Å². The minimum absolute atomic E-state index is 0.287. The summed E-state index contributed by atoms with van der Waals surface area (Å²) in [4.78, 5) is 13.7. The van der Waals surface area contributed by atoms with Gasteiger partial charge in [-0.2, -0.15) is 0 Å². The highest BCUT2D eigenvalue weighted by Gasteiger charge is 2.27. The SMILES string of the molecule is Cc1cccnc1[C@@H]1CCC[C@H](c2nccn2CCCc2ccccn2)N1. The summed E-state index contributed by atoms with van der Waals surface area (Å²) in [5.41, 5.74) is 3.59. The standard InChI is InChI=1S/C22H27N5/c1-17-7-5-13-24-21(17)19-10-4-11-20(26-19)22-25-14-16-27(22)15-6-9-18-8-2-3-12-23-18/h2-3,5,7-8,12-14,16,19-20,26H,4,6,9-11,15H2,1H3/t19-,20+/m0/s1. The Morgan fingerprint density at radius 1 is 1.00 bits per heavy atom. The van der Waals surface area contributed by atoms with E-state index in [0.29, 0.717) is 6.04 Å². The molecule has 3 aromatic rings. The van der Waals surface area contributed by atoms with Crippen molar-refractivity contribution in [2.75, 3.05) is 0 Å². The van der Waals surface area contributed by atoms with Crippen LogP contribution in [0.3, 0.4) is 0 Å². The maximum atomic E-state index is 4.68. The van der Waals surface area contributed by atoms with Crippen molar-refractivity contribution < 1.29 is 0 Å². The van der Waals surface area contributed by atoms with Gasteiger partial charge in [0.15, 0.2) is 0 Å². The third-order valence-electron chi connectivity index (χ3n) is 5.39. The predicted molar refractivity (Wildman–Crippen MR) is 106 cm³/mol. The summed E-state index contributed by atoms with van der Waals surface area (Å²) >= 11 is 0. The van der Waals surface area contributed by atoms with E-state index in [4.69, 9.17) is 0 Å². The normalized spacial score (nSPS) is 19.9. The lowest BCUT2D eigenvalue weighted by molar-refractivity contribution is 0.308. The Labute approximate surface area is 160 Å². The zero-order chi connectivity index (χ0) is 18.5. The van der Waals surface area contributed by atoms with Crippen molar-refractivity contribution in [3.63, 3.8) is 0 Å². The maximum absolute atomic E-state index is 4.68. The third-order valence-corrected chi connectivity index (χ3v) is 5.39. The Balaban J connectivity index is 1.41. The van der Waals surface area contributed by atoms with Crippen molar-refractivity contribution in [1.29, 1.82) is 0 Å². The number of pyridine rings is 2. The van der Waals surface area contributed by atoms with Gasteiger partial charge in [-0.3, -0.25) is 15.3 Å². The van der Waals surface area contributed by atoms with Crippen LogP contribution in [-0.4, -0.2) is 19.5 Å². The van der Waals surface area contributed by atoms with E-state index in [1.54, 1.807) is 0 Å². The lowest BCUT2D eigenvalue weighted by Gasteiger charge is -2.31. The van der Waals surface area contributed by atoms with Crippen molar-refractivity contribution in [3.8, 4) is 0 Å². The highest BCUT2D eigenvalue weighted by atomic mass is 15.1. The molecule has 0 aliphatic carbocycles. The maximum Gasteiger partial charge on any atom is 0.125 e. The molecule has 3 aromatic heterocycles. The molecule has 2 atom stereocenters. The Kier molecular flexibility index (Phi) is 5.58. The van der Waals surface area contributed by atoms with Crippen LogP contribution in [-0.2, 0) is 13.0 Å². The number of aromatic nitrogens is 4. The summed E-state index contributed by atoms with van der Waals surface area (Å²) < 4.78 is 2.30. The van der Waals surface area contributed by atoms with Gasteiger partial charge in [-0.05, 0) is 62.8 Å². The molecule has 0 unspecified atom stereocenters. The molecule has 0 bridgehead atoms. The molecule has 140 valence electrons. The molecule has 1 aliphatic rings. The smallest absolute Gasteiger partial charge is 0.125 e. The van der Waals surface area contributed by atoms with Gasteiger partial charge in [-0.15, -0.1) is 0 Å². The molecule has 1 aliphatic heterocycles. The minimum atomic E-state index is 0.287. The second-order valence-electron chi connectivity index (χ2n) is 7.31. The van der Waals surface area contributed by atoms with Crippen LogP contribution in [0.4, 0.5) is 0 Å². The quantitative estimate of drug-likeness (QED) is 0.716. The monoisotopic (exact) mass is 361 g/mol. The van der Waals surface area contributed by atoms with Gasteiger partial charge >= 0.3 is 0 Å². The van der Waals surface area contributed by atoms with Crippen LogP contribution in [0.25, 0.3) is 0 Å². The van der Waals surface area contributed by atoms with E-state index in [1.807, 2.05) is 30.7 Å². The van der Waals surface area contributed by atoms with Crippen LogP contribution < -0.4 is 5.32 Å². The molecule has 4 heterocycles. The average molecular weight is 361 g/mol. The number of nitrogens with zero attached hydrogens (tertiary/aromatic N) is 4. The summed E-state index contributed by atoms with van der Waals surface area (Å²) in [6, 6.07) is 10.9. The van der Waals surface area contributed by atoms with Crippen LogP contribution in [0, 0.1) is 6.92 Å². The van der Waals surface area contributed by atoms with Gasteiger partial charge in [0.1, 0.15) is 5.82 Å². The highest BCUT2D eigenvalue weighted by molar-refractivity contribution is 5.22. The van der Waals surface area contributed by atoms with Crippen LogP contribution in [0.1, 0.15) is 60.5 Å². The lowest BCUT2D eigenvalue weighted by atomic mass is 9.94. The fourth-order valence-electron chi connectivity index (χ4n) is 4.01. The molecule has 0 aromatic carbocycles. The van der Waals surface area contributed by atoms with Gasteiger partial charge < -0.3 is 4.57 Å². The van der Waals surface area contributed by atoms with Crippen molar-refractivity contribution >= 4 is 0 Å². The van der Waals surface area contributed by atoms with E-state index >= 15 is 0 Å². The summed E-state index contributed by atoms with van der Waals surface area (Å²) in [5, 5.41) is 3.80. The molecule has 5 heteroatoms.